The molecule has 1 aliphatic rings. The van der Waals surface area contributed by atoms with Gasteiger partial charge in [-0.05, 0) is 30.2 Å². The zero-order valence-electron chi connectivity index (χ0n) is 11.5. The van der Waals surface area contributed by atoms with E-state index in [1.807, 2.05) is 0 Å². The molecule has 1 nitrogen and oxygen atoms in total. The van der Waals surface area contributed by atoms with Crippen molar-refractivity contribution in [2.75, 3.05) is 11.9 Å². The van der Waals surface area contributed by atoms with Crippen molar-refractivity contribution >= 4 is 22.0 Å². The highest BCUT2D eigenvalue weighted by Gasteiger charge is 2.10. The molecule has 0 aromatic heterocycles. The SMILES string of the molecule is Cc1ccc(-c2ccc3c(c2)C=C(CBr)CCO3)cc1. The first-order valence-electron chi connectivity index (χ1n) is 6.85. The van der Waals surface area contributed by atoms with Crippen LogP contribution in [-0.4, -0.2) is 11.9 Å². The first kappa shape index (κ1) is 13.4. The molecule has 20 heavy (non-hydrogen) atoms. The smallest absolute Gasteiger partial charge is 0.126 e. The van der Waals surface area contributed by atoms with E-state index in [2.05, 4.69) is 71.4 Å². The van der Waals surface area contributed by atoms with Gasteiger partial charge < -0.3 is 4.74 Å². The summed E-state index contributed by atoms with van der Waals surface area (Å²) in [5.74, 6) is 0.983. The summed E-state index contributed by atoms with van der Waals surface area (Å²) in [6.45, 7) is 2.87. The molecule has 2 aromatic carbocycles. The Labute approximate surface area is 128 Å². The maximum absolute atomic E-state index is 5.82. The maximum Gasteiger partial charge on any atom is 0.126 e. The summed E-state index contributed by atoms with van der Waals surface area (Å²) in [6, 6.07) is 15.1. The lowest BCUT2D eigenvalue weighted by atomic mass is 10.0. The fourth-order valence-corrected chi connectivity index (χ4v) is 2.85. The van der Waals surface area contributed by atoms with E-state index in [-0.39, 0.29) is 0 Å². The van der Waals surface area contributed by atoms with Crippen LogP contribution >= 0.6 is 15.9 Å². The fraction of sp³-hybridized carbons (Fsp3) is 0.222. The van der Waals surface area contributed by atoms with Gasteiger partial charge in [-0.2, -0.15) is 0 Å². The molecule has 0 saturated heterocycles. The molecular formula is C18H17BrO. The van der Waals surface area contributed by atoms with Crippen molar-refractivity contribution in [2.24, 2.45) is 0 Å². The van der Waals surface area contributed by atoms with Crippen LogP contribution in [0.5, 0.6) is 5.75 Å². The highest BCUT2D eigenvalue weighted by molar-refractivity contribution is 9.09. The lowest BCUT2D eigenvalue weighted by molar-refractivity contribution is 0.324. The lowest BCUT2D eigenvalue weighted by Gasteiger charge is -2.09. The van der Waals surface area contributed by atoms with E-state index in [9.17, 15) is 0 Å². The largest absolute Gasteiger partial charge is 0.493 e. The molecule has 0 aliphatic carbocycles. The second-order valence-corrected chi connectivity index (χ2v) is 5.71. The summed E-state index contributed by atoms with van der Waals surface area (Å²) in [7, 11) is 0. The predicted octanol–water partition coefficient (Wildman–Crippen LogP) is 5.22. The first-order chi connectivity index (χ1) is 9.76. The minimum Gasteiger partial charge on any atom is -0.493 e. The molecule has 2 aromatic rings. The molecule has 0 saturated carbocycles. The Morgan fingerprint density at radius 2 is 1.80 bits per heavy atom. The second kappa shape index (κ2) is 5.84. The minimum atomic E-state index is 0.758. The van der Waals surface area contributed by atoms with E-state index in [4.69, 9.17) is 4.74 Å². The molecule has 1 aliphatic heterocycles. The highest BCUT2D eigenvalue weighted by Crippen LogP contribution is 2.31. The Balaban J connectivity index is 2.03. The van der Waals surface area contributed by atoms with Crippen LogP contribution in [0.2, 0.25) is 0 Å². The van der Waals surface area contributed by atoms with Crippen LogP contribution in [0.25, 0.3) is 17.2 Å². The molecule has 0 N–H and O–H groups in total. The van der Waals surface area contributed by atoms with Crippen LogP contribution in [0.3, 0.4) is 0 Å². The molecule has 0 spiro atoms. The van der Waals surface area contributed by atoms with E-state index >= 15 is 0 Å². The van der Waals surface area contributed by atoms with Crippen LogP contribution in [0.4, 0.5) is 0 Å². The Morgan fingerprint density at radius 3 is 2.55 bits per heavy atom. The zero-order valence-corrected chi connectivity index (χ0v) is 13.1. The highest BCUT2D eigenvalue weighted by atomic mass is 79.9. The first-order valence-corrected chi connectivity index (χ1v) is 7.98. The third-order valence-electron chi connectivity index (χ3n) is 3.61. The van der Waals surface area contributed by atoms with Gasteiger partial charge in [-0.25, -0.2) is 0 Å². The molecule has 1 heterocycles. The quantitative estimate of drug-likeness (QED) is 0.686. The van der Waals surface area contributed by atoms with Gasteiger partial charge in [-0.3, -0.25) is 0 Å². The molecule has 3 rings (SSSR count). The van der Waals surface area contributed by atoms with Gasteiger partial charge in [0.25, 0.3) is 0 Å². The summed E-state index contributed by atoms with van der Waals surface area (Å²) >= 11 is 3.55. The van der Waals surface area contributed by atoms with E-state index in [0.29, 0.717) is 0 Å². The third kappa shape index (κ3) is 2.80. The van der Waals surface area contributed by atoms with Crippen molar-refractivity contribution in [1.29, 1.82) is 0 Å². The number of ether oxygens (including phenoxy) is 1. The van der Waals surface area contributed by atoms with Gasteiger partial charge in [0.2, 0.25) is 0 Å². The molecule has 0 unspecified atom stereocenters. The van der Waals surface area contributed by atoms with E-state index in [1.165, 1.54) is 27.8 Å². The Bertz CT molecular complexity index is 641. The van der Waals surface area contributed by atoms with E-state index in [1.54, 1.807) is 0 Å². The van der Waals surface area contributed by atoms with Crippen molar-refractivity contribution in [3.63, 3.8) is 0 Å². The Morgan fingerprint density at radius 1 is 1.05 bits per heavy atom. The zero-order chi connectivity index (χ0) is 13.9. The van der Waals surface area contributed by atoms with Gasteiger partial charge in [0.05, 0.1) is 6.61 Å². The van der Waals surface area contributed by atoms with Crippen LogP contribution in [0.15, 0.2) is 48.0 Å². The topological polar surface area (TPSA) is 9.23 Å². The van der Waals surface area contributed by atoms with Crippen molar-refractivity contribution in [1.82, 2.24) is 0 Å². The van der Waals surface area contributed by atoms with Gasteiger partial charge in [-0.15, -0.1) is 0 Å². The summed E-state index contributed by atoms with van der Waals surface area (Å²) < 4.78 is 5.82. The molecule has 2 heteroatoms. The van der Waals surface area contributed by atoms with E-state index < -0.39 is 0 Å². The van der Waals surface area contributed by atoms with Crippen LogP contribution < -0.4 is 4.74 Å². The summed E-state index contributed by atoms with van der Waals surface area (Å²) in [5.41, 5.74) is 6.32. The van der Waals surface area contributed by atoms with Crippen molar-refractivity contribution in [3.8, 4) is 16.9 Å². The average Bonchev–Trinajstić information content (AvgIpc) is 2.69. The summed E-state index contributed by atoms with van der Waals surface area (Å²) in [4.78, 5) is 0. The number of hydrogen-bond acceptors (Lipinski definition) is 1. The number of halogens is 1. The van der Waals surface area contributed by atoms with Gasteiger partial charge in [-0.1, -0.05) is 63.5 Å². The van der Waals surface area contributed by atoms with Crippen molar-refractivity contribution < 1.29 is 4.74 Å². The molecule has 102 valence electrons. The number of hydrogen-bond donors (Lipinski definition) is 0. The van der Waals surface area contributed by atoms with Crippen molar-refractivity contribution in [2.45, 2.75) is 13.3 Å². The van der Waals surface area contributed by atoms with Crippen LogP contribution in [0.1, 0.15) is 17.5 Å². The number of alkyl halides is 1. The average molecular weight is 329 g/mol. The molecule has 0 atom stereocenters. The van der Waals surface area contributed by atoms with E-state index in [0.717, 1.165) is 24.1 Å². The number of benzene rings is 2. The molecule has 0 amide bonds. The lowest BCUT2D eigenvalue weighted by Crippen LogP contribution is -1.97. The minimum absolute atomic E-state index is 0.758. The van der Waals surface area contributed by atoms with Gasteiger partial charge in [0, 0.05) is 17.3 Å². The number of fused-ring (bicyclic) bond motifs is 1. The predicted molar refractivity (Wildman–Crippen MR) is 88.5 cm³/mol. The molecular weight excluding hydrogens is 312 g/mol. The third-order valence-corrected chi connectivity index (χ3v) is 4.33. The van der Waals surface area contributed by atoms with Gasteiger partial charge in [0.15, 0.2) is 0 Å². The maximum atomic E-state index is 5.82. The molecule has 0 bridgehead atoms. The Kier molecular flexibility index (Phi) is 3.93. The van der Waals surface area contributed by atoms with Crippen LogP contribution in [-0.2, 0) is 0 Å². The Hall–Kier alpha value is -1.54. The second-order valence-electron chi connectivity index (χ2n) is 5.15. The monoisotopic (exact) mass is 328 g/mol. The van der Waals surface area contributed by atoms with Gasteiger partial charge in [0.1, 0.15) is 5.75 Å². The molecule has 0 fully saturated rings. The molecule has 0 radical (unpaired) electrons. The van der Waals surface area contributed by atoms with Crippen LogP contribution in [0, 0.1) is 6.92 Å². The standard InChI is InChI=1S/C18H17BrO/c1-13-2-4-15(5-3-13)16-6-7-18-17(11-16)10-14(12-19)8-9-20-18/h2-7,10-11H,8-9,12H2,1H3. The van der Waals surface area contributed by atoms with Crippen molar-refractivity contribution in [3.05, 3.63) is 59.2 Å². The normalized spacial score (nSPS) is 14.0. The summed E-state index contributed by atoms with van der Waals surface area (Å²) in [5, 5.41) is 0.907. The fourth-order valence-electron chi connectivity index (χ4n) is 2.41. The summed E-state index contributed by atoms with van der Waals surface area (Å²) in [6.07, 6.45) is 3.23. The van der Waals surface area contributed by atoms with Gasteiger partial charge >= 0.3 is 0 Å². The number of aryl methyl sites for hydroxylation is 1. The number of rotatable bonds is 2.